The predicted octanol–water partition coefficient (Wildman–Crippen LogP) is -0.142. The highest BCUT2D eigenvalue weighted by molar-refractivity contribution is 6.62. The van der Waals surface area contributed by atoms with Gasteiger partial charge in [0.2, 0.25) is 5.78 Å². The standard InChI is InChI=1S/C32H34BN3O11/c1-11-17-15(35-30(44)12-6-7-13-14(10-12)33(46)47-31(13,2)3)8-9-16(37)19(17)24(38)20-18(11)25(39)22-23(36(4)5)26(40)21(29(34)43)28(42)32(22,45)27(20)41/h6-11,18,22-23,25,37,39-41,45-46H,1-5H3,(H2,34,43)(H,35,44)/t11-,18+,22+,23-,25-,32-/m0/s1. The van der Waals surface area contributed by atoms with Gasteiger partial charge in [-0.25, -0.2) is 0 Å². The van der Waals surface area contributed by atoms with Crippen molar-refractivity contribution in [2.24, 2.45) is 17.6 Å². The molecular formula is C32H34BN3O11. The fourth-order valence-electron chi connectivity index (χ4n) is 7.87. The van der Waals surface area contributed by atoms with Gasteiger partial charge in [0.1, 0.15) is 22.8 Å². The summed E-state index contributed by atoms with van der Waals surface area (Å²) in [5, 5.41) is 70.3. The van der Waals surface area contributed by atoms with Crippen molar-refractivity contribution in [3.8, 4) is 5.75 Å². The summed E-state index contributed by atoms with van der Waals surface area (Å²) in [5.74, 6) is -11.0. The van der Waals surface area contributed by atoms with Crippen molar-refractivity contribution < 1.29 is 54.4 Å². The van der Waals surface area contributed by atoms with Crippen LogP contribution < -0.4 is 16.5 Å². The Morgan fingerprint density at radius 2 is 1.74 bits per heavy atom. The molecule has 3 aliphatic carbocycles. The van der Waals surface area contributed by atoms with Crippen molar-refractivity contribution in [3.05, 3.63) is 75.3 Å². The molecule has 15 heteroatoms. The van der Waals surface area contributed by atoms with Gasteiger partial charge < -0.3 is 46.3 Å². The van der Waals surface area contributed by atoms with Crippen LogP contribution >= 0.6 is 0 Å². The number of Topliss-reactive ketones (excluding diaryl/α,β-unsaturated/α-hetero) is 2. The molecule has 1 aliphatic heterocycles. The van der Waals surface area contributed by atoms with Gasteiger partial charge in [-0.3, -0.25) is 24.1 Å². The molecule has 4 aliphatic rings. The molecule has 246 valence electrons. The minimum atomic E-state index is -3.04. The van der Waals surface area contributed by atoms with Gasteiger partial charge in [0, 0.05) is 22.7 Å². The van der Waals surface area contributed by atoms with Crippen LogP contribution in [0.25, 0.3) is 0 Å². The molecule has 0 unspecified atom stereocenters. The lowest BCUT2D eigenvalue weighted by atomic mass is 9.55. The monoisotopic (exact) mass is 647 g/mol. The van der Waals surface area contributed by atoms with E-state index in [2.05, 4.69) is 5.32 Å². The summed E-state index contributed by atoms with van der Waals surface area (Å²) < 4.78 is 5.58. The van der Waals surface area contributed by atoms with Crippen LogP contribution in [0.1, 0.15) is 58.5 Å². The fraction of sp³-hybridized carbons (Fsp3) is 0.375. The van der Waals surface area contributed by atoms with Crippen LogP contribution in [-0.2, 0) is 19.8 Å². The molecule has 0 aromatic heterocycles. The molecular weight excluding hydrogens is 613 g/mol. The maximum Gasteiger partial charge on any atom is 0.492 e. The number of hydrogen-bond acceptors (Lipinski definition) is 12. The number of phenols is 1. The SMILES string of the molecule is C[C@H]1c2c(NC(=O)c3ccc4c(c3)B(O)OC4(C)C)ccc(O)c2C(=O)C2=C(O)[C@]3(O)C(=O)C(C(N)=O)=C(O)[C@@H](N(C)C)[C@@H]3[C@@H](O)[C@@H]21. The van der Waals surface area contributed by atoms with Crippen molar-refractivity contribution in [2.75, 3.05) is 19.4 Å². The number of nitrogens with one attached hydrogen (secondary N) is 1. The summed E-state index contributed by atoms with van der Waals surface area (Å²) in [5.41, 5.74) is 1.12. The second-order valence-electron chi connectivity index (χ2n) is 13.2. The Bertz CT molecular complexity index is 1870. The van der Waals surface area contributed by atoms with E-state index in [9.17, 15) is 49.7 Å². The highest BCUT2D eigenvalue weighted by atomic mass is 16.5. The van der Waals surface area contributed by atoms with E-state index >= 15 is 0 Å². The Balaban J connectivity index is 1.47. The maximum atomic E-state index is 14.1. The van der Waals surface area contributed by atoms with Crippen LogP contribution in [0.3, 0.4) is 0 Å². The van der Waals surface area contributed by atoms with Crippen LogP contribution in [0.5, 0.6) is 5.75 Å². The molecule has 0 saturated heterocycles. The van der Waals surface area contributed by atoms with Gasteiger partial charge in [0.05, 0.1) is 29.2 Å². The number of likely N-dealkylation sites (N-methyl/N-ethyl adjacent to an activating group) is 1. The zero-order valence-corrected chi connectivity index (χ0v) is 26.1. The molecule has 6 atom stereocenters. The van der Waals surface area contributed by atoms with Crippen LogP contribution in [0.2, 0.25) is 0 Å². The average Bonchev–Trinajstić information content (AvgIpc) is 3.22. The molecule has 0 radical (unpaired) electrons. The van der Waals surface area contributed by atoms with Crippen LogP contribution in [0, 0.1) is 11.8 Å². The van der Waals surface area contributed by atoms with E-state index in [1.807, 2.05) is 0 Å². The zero-order chi connectivity index (χ0) is 34.7. The van der Waals surface area contributed by atoms with E-state index in [1.165, 1.54) is 31.1 Å². The Morgan fingerprint density at radius 1 is 1.09 bits per heavy atom. The highest BCUT2D eigenvalue weighted by Crippen LogP contribution is 2.56. The van der Waals surface area contributed by atoms with E-state index in [4.69, 9.17) is 10.4 Å². The molecule has 6 rings (SSSR count). The average molecular weight is 647 g/mol. The number of amides is 2. The van der Waals surface area contributed by atoms with Crippen molar-refractivity contribution in [1.82, 2.24) is 4.90 Å². The third-order valence-corrected chi connectivity index (χ3v) is 9.99. The topological polar surface area (TPSA) is 240 Å². The number of carbonyl (C=O) groups is 4. The number of rotatable bonds is 4. The lowest BCUT2D eigenvalue weighted by molar-refractivity contribution is -0.162. The minimum absolute atomic E-state index is 0.0930. The zero-order valence-electron chi connectivity index (χ0n) is 26.1. The molecule has 9 N–H and O–H groups in total. The van der Waals surface area contributed by atoms with Crippen LogP contribution in [0.4, 0.5) is 5.69 Å². The largest absolute Gasteiger partial charge is 0.510 e. The van der Waals surface area contributed by atoms with E-state index in [0.717, 1.165) is 6.07 Å². The highest BCUT2D eigenvalue weighted by Gasteiger charge is 2.67. The first-order valence-electron chi connectivity index (χ1n) is 14.9. The number of nitrogens with zero attached hydrogens (tertiary/aromatic N) is 1. The van der Waals surface area contributed by atoms with Gasteiger partial charge in [-0.15, -0.1) is 0 Å². The number of fused-ring (bicyclic) bond motifs is 4. The first-order chi connectivity index (χ1) is 21.9. The van der Waals surface area contributed by atoms with Crippen molar-refractivity contribution >= 4 is 41.6 Å². The van der Waals surface area contributed by atoms with Crippen LogP contribution in [0.15, 0.2) is 53.0 Å². The molecule has 1 heterocycles. The molecule has 0 spiro atoms. The smallest absolute Gasteiger partial charge is 0.492 e. The maximum absolute atomic E-state index is 14.1. The van der Waals surface area contributed by atoms with Gasteiger partial charge in [-0.2, -0.15) is 0 Å². The summed E-state index contributed by atoms with van der Waals surface area (Å²) >= 11 is 0. The van der Waals surface area contributed by atoms with Crippen molar-refractivity contribution in [2.45, 2.75) is 50.0 Å². The first kappa shape index (κ1) is 32.4. The number of aliphatic hydroxyl groups excluding tert-OH is 3. The Labute approximate surface area is 268 Å². The summed E-state index contributed by atoms with van der Waals surface area (Å²) in [6, 6.07) is 5.80. The van der Waals surface area contributed by atoms with Gasteiger partial charge in [0.25, 0.3) is 11.8 Å². The molecule has 0 saturated carbocycles. The van der Waals surface area contributed by atoms with E-state index in [-0.39, 0.29) is 22.4 Å². The van der Waals surface area contributed by atoms with E-state index < -0.39 is 100 Å². The number of primary amides is 1. The fourth-order valence-corrected chi connectivity index (χ4v) is 7.87. The Hall–Kier alpha value is -4.54. The van der Waals surface area contributed by atoms with Gasteiger partial charge in [0.15, 0.2) is 11.4 Å². The number of phenolic OH excluding ortho intramolecular Hbond substituents is 1. The Morgan fingerprint density at radius 3 is 2.36 bits per heavy atom. The minimum Gasteiger partial charge on any atom is -0.510 e. The number of nitrogens with two attached hydrogens (primary N) is 1. The number of hydrogen-bond donors (Lipinski definition) is 8. The van der Waals surface area contributed by atoms with Crippen LogP contribution in [-0.4, -0.2) is 97.8 Å². The second-order valence-corrected chi connectivity index (χ2v) is 13.2. The van der Waals surface area contributed by atoms with Gasteiger partial charge >= 0.3 is 7.12 Å². The summed E-state index contributed by atoms with van der Waals surface area (Å²) in [7, 11) is 1.64. The number of carbonyl (C=O) groups excluding carboxylic acids is 4. The van der Waals surface area contributed by atoms with Gasteiger partial charge in [-0.05, 0) is 74.7 Å². The van der Waals surface area contributed by atoms with Gasteiger partial charge in [-0.1, -0.05) is 13.0 Å². The quantitative estimate of drug-likeness (QED) is 0.123. The molecule has 2 aromatic rings. The van der Waals surface area contributed by atoms with E-state index in [0.29, 0.717) is 11.0 Å². The molecule has 0 fully saturated rings. The molecule has 2 aromatic carbocycles. The molecule has 2 amide bonds. The summed E-state index contributed by atoms with van der Waals surface area (Å²) in [4.78, 5) is 54.7. The normalized spacial score (nSPS) is 29.4. The summed E-state index contributed by atoms with van der Waals surface area (Å²) in [6.07, 6.45) is -1.79. The second kappa shape index (κ2) is 10.5. The molecule has 14 nitrogen and oxygen atoms in total. The number of aromatic hydroxyl groups is 1. The number of ketones is 2. The Kier molecular flexibility index (Phi) is 7.23. The third-order valence-electron chi connectivity index (χ3n) is 9.99. The van der Waals surface area contributed by atoms with E-state index in [1.54, 1.807) is 32.9 Å². The van der Waals surface area contributed by atoms with Crippen molar-refractivity contribution in [3.63, 3.8) is 0 Å². The molecule has 0 bridgehead atoms. The predicted molar refractivity (Wildman–Crippen MR) is 166 cm³/mol. The molecule has 47 heavy (non-hydrogen) atoms. The third kappa shape index (κ3) is 4.31. The first-order valence-corrected chi connectivity index (χ1v) is 14.9. The lowest BCUT2D eigenvalue weighted by Crippen LogP contribution is -2.68. The number of benzene rings is 2. The lowest BCUT2D eigenvalue weighted by Gasteiger charge is -2.53. The number of anilines is 1. The summed E-state index contributed by atoms with van der Waals surface area (Å²) in [6.45, 7) is 5.13. The number of aliphatic hydroxyl groups is 4. The van der Waals surface area contributed by atoms with Crippen molar-refractivity contribution in [1.29, 1.82) is 0 Å².